The Bertz CT molecular complexity index is 898. The van der Waals surface area contributed by atoms with Crippen molar-refractivity contribution in [3.8, 4) is 0 Å². The standard InChI is InChI=1S/C20H25N3O4SSe.ClH/c1-5-27-19(25)17-13(10-22-20(21)29)23-11(2)15(18(24)26-3)16(17)12-8-6-7-9-14(12)28-4;/h6-9,16,23H,5,10H2,1-4H3,(H3,21,22,29);1H. The molecule has 0 aliphatic carbocycles. The topological polar surface area (TPSA) is 103 Å². The van der Waals surface area contributed by atoms with Crippen molar-refractivity contribution in [2.24, 2.45) is 10.7 Å². The molecular formula is C20H26ClN3O4SSe. The number of nitrogens with one attached hydrogen (secondary N) is 1. The molecule has 1 aromatic carbocycles. The van der Waals surface area contributed by atoms with Crippen molar-refractivity contribution in [1.82, 2.24) is 5.32 Å². The number of thioether (sulfide) groups is 1. The van der Waals surface area contributed by atoms with Gasteiger partial charge in [-0.25, -0.2) is 0 Å². The number of esters is 2. The maximum Gasteiger partial charge on any atom is -0.147 e. The van der Waals surface area contributed by atoms with Gasteiger partial charge in [0.05, 0.1) is 0 Å². The molecule has 0 radical (unpaired) electrons. The average molecular weight is 519 g/mol. The zero-order valence-electron chi connectivity index (χ0n) is 17.2. The molecule has 7 nitrogen and oxygen atoms in total. The first kappa shape index (κ1) is 26.1. The fourth-order valence-corrected chi connectivity index (χ4v) is 4.01. The summed E-state index contributed by atoms with van der Waals surface area (Å²) >= 11 is 3.69. The molecule has 30 heavy (non-hydrogen) atoms. The summed E-state index contributed by atoms with van der Waals surface area (Å²) in [6.45, 7) is 3.87. The fraction of sp³-hybridized carbons (Fsp3) is 0.350. The number of halogens is 1. The van der Waals surface area contributed by atoms with Crippen LogP contribution in [-0.2, 0) is 19.1 Å². The summed E-state index contributed by atoms with van der Waals surface area (Å²) < 4.78 is 10.7. The van der Waals surface area contributed by atoms with Crippen molar-refractivity contribution in [3.05, 3.63) is 52.4 Å². The molecule has 1 aliphatic rings. The van der Waals surface area contributed by atoms with Crippen LogP contribution >= 0.6 is 24.2 Å². The molecule has 0 bridgehead atoms. The van der Waals surface area contributed by atoms with E-state index >= 15 is 0 Å². The Labute approximate surface area is 195 Å². The summed E-state index contributed by atoms with van der Waals surface area (Å²) in [6.07, 6.45) is 1.95. The van der Waals surface area contributed by atoms with Crippen LogP contribution in [0.5, 0.6) is 0 Å². The Kier molecular flexibility index (Phi) is 10.5. The first-order valence-electron chi connectivity index (χ1n) is 8.93. The largest absolute Gasteiger partial charge is 0.147 e. The predicted molar refractivity (Wildman–Crippen MR) is 123 cm³/mol. The summed E-state index contributed by atoms with van der Waals surface area (Å²) in [5.74, 6) is -1.67. The smallest absolute Gasteiger partial charge is 0.147 e. The predicted octanol–water partition coefficient (Wildman–Crippen LogP) is 2.00. The van der Waals surface area contributed by atoms with E-state index in [1.165, 1.54) is 18.9 Å². The van der Waals surface area contributed by atoms with Crippen molar-refractivity contribution in [3.63, 3.8) is 0 Å². The Morgan fingerprint density at radius 3 is 2.50 bits per heavy atom. The number of nitrogens with zero attached hydrogens (tertiary/aromatic N) is 1. The first-order chi connectivity index (χ1) is 13.8. The number of rotatable bonds is 7. The van der Waals surface area contributed by atoms with Crippen molar-refractivity contribution in [2.45, 2.75) is 24.7 Å². The van der Waals surface area contributed by atoms with Gasteiger partial charge in [-0.2, -0.15) is 0 Å². The Morgan fingerprint density at radius 2 is 1.93 bits per heavy atom. The molecular weight excluding hydrogens is 493 g/mol. The van der Waals surface area contributed by atoms with Crippen LogP contribution in [0.2, 0.25) is 0 Å². The normalized spacial score (nSPS) is 16.6. The molecule has 164 valence electrons. The minimum absolute atomic E-state index is 0. The van der Waals surface area contributed by atoms with Gasteiger partial charge in [0.15, 0.2) is 0 Å². The van der Waals surface area contributed by atoms with Crippen LogP contribution in [0.25, 0.3) is 0 Å². The van der Waals surface area contributed by atoms with Gasteiger partial charge < -0.3 is 0 Å². The average Bonchev–Trinajstić information content (AvgIpc) is 2.71. The van der Waals surface area contributed by atoms with Gasteiger partial charge in [-0.05, 0) is 0 Å². The SMILES string of the molecule is CCOC(=O)C1=C(CN=C(N)[SeH])NC(C)=C(C(=O)OC)C1c1ccccc1SC.Cl. The third-order valence-electron chi connectivity index (χ3n) is 4.39. The summed E-state index contributed by atoms with van der Waals surface area (Å²) in [5, 5.41) is 3.14. The molecule has 1 heterocycles. The Balaban J connectivity index is 0.00000450. The second kappa shape index (κ2) is 12.1. The molecule has 1 unspecified atom stereocenters. The van der Waals surface area contributed by atoms with E-state index in [0.717, 1.165) is 10.5 Å². The number of amidine groups is 1. The maximum atomic E-state index is 13.0. The number of hydrogen-bond acceptors (Lipinski definition) is 7. The number of allylic oxidation sites excluding steroid dienone is 1. The van der Waals surface area contributed by atoms with Crippen molar-refractivity contribution in [1.29, 1.82) is 0 Å². The van der Waals surface area contributed by atoms with E-state index in [1.807, 2.05) is 30.5 Å². The van der Waals surface area contributed by atoms with Gasteiger partial charge in [-0.1, -0.05) is 0 Å². The maximum absolute atomic E-state index is 13.0. The molecule has 0 saturated heterocycles. The molecule has 3 N–H and O–H groups in total. The molecule has 0 fully saturated rings. The van der Waals surface area contributed by atoms with E-state index in [-0.39, 0.29) is 25.6 Å². The van der Waals surface area contributed by atoms with Gasteiger partial charge in [0.1, 0.15) is 0 Å². The van der Waals surface area contributed by atoms with Crippen molar-refractivity contribution in [2.75, 3.05) is 26.5 Å². The van der Waals surface area contributed by atoms with Gasteiger partial charge in [-0.15, -0.1) is 12.4 Å². The number of carbonyl (C=O) groups excluding carboxylic acids is 2. The van der Waals surface area contributed by atoms with Crippen LogP contribution < -0.4 is 11.1 Å². The molecule has 0 aromatic heterocycles. The second-order valence-corrected chi connectivity index (χ2v) is 7.93. The van der Waals surface area contributed by atoms with E-state index in [9.17, 15) is 9.59 Å². The number of nitrogens with two attached hydrogens (primary N) is 1. The van der Waals surface area contributed by atoms with Crippen molar-refractivity contribution >= 4 is 56.9 Å². The molecule has 0 amide bonds. The number of carbonyl (C=O) groups is 2. The van der Waals surface area contributed by atoms with E-state index in [2.05, 4.69) is 26.3 Å². The summed E-state index contributed by atoms with van der Waals surface area (Å²) in [4.78, 5) is 30.9. The Morgan fingerprint density at radius 1 is 1.27 bits per heavy atom. The molecule has 0 saturated carbocycles. The fourth-order valence-electron chi connectivity index (χ4n) is 3.23. The third-order valence-corrected chi connectivity index (χ3v) is 5.50. The first-order valence-corrected chi connectivity index (χ1v) is 11.1. The summed E-state index contributed by atoms with van der Waals surface area (Å²) in [7, 11) is 1.32. The van der Waals surface area contributed by atoms with E-state index < -0.39 is 17.9 Å². The van der Waals surface area contributed by atoms with Gasteiger partial charge in [-0.3, -0.25) is 0 Å². The summed E-state index contributed by atoms with van der Waals surface area (Å²) in [5.41, 5.74) is 8.34. The number of ether oxygens (including phenoxy) is 2. The van der Waals surface area contributed by atoms with Crippen LogP contribution in [0.3, 0.4) is 0 Å². The second-order valence-electron chi connectivity index (χ2n) is 6.12. The van der Waals surface area contributed by atoms with Crippen LogP contribution in [0.1, 0.15) is 25.3 Å². The van der Waals surface area contributed by atoms with Gasteiger partial charge in [0, 0.05) is 0 Å². The summed E-state index contributed by atoms with van der Waals surface area (Å²) in [6, 6.07) is 7.65. The number of methoxy groups -OCH3 is 1. The minimum atomic E-state index is -0.649. The molecule has 10 heteroatoms. The number of benzene rings is 1. The molecule has 1 aromatic rings. The van der Waals surface area contributed by atoms with Crippen LogP contribution in [0, 0.1) is 0 Å². The Hall–Kier alpha value is -1.93. The molecule has 0 spiro atoms. The van der Waals surface area contributed by atoms with E-state index in [1.54, 1.807) is 13.8 Å². The molecule has 1 aliphatic heterocycles. The molecule has 2 rings (SSSR count). The third kappa shape index (κ3) is 5.82. The number of dihydropyridines is 1. The van der Waals surface area contributed by atoms with Crippen LogP contribution in [-0.4, -0.2) is 59.2 Å². The zero-order valence-corrected chi connectivity index (χ0v) is 20.7. The van der Waals surface area contributed by atoms with Gasteiger partial charge >= 0.3 is 183 Å². The van der Waals surface area contributed by atoms with Crippen LogP contribution in [0.15, 0.2) is 56.7 Å². The quantitative estimate of drug-likeness (QED) is 0.187. The van der Waals surface area contributed by atoms with E-state index in [0.29, 0.717) is 27.3 Å². The zero-order chi connectivity index (χ0) is 21.6. The van der Waals surface area contributed by atoms with Gasteiger partial charge in [0.2, 0.25) is 0 Å². The van der Waals surface area contributed by atoms with Crippen molar-refractivity contribution < 1.29 is 19.1 Å². The minimum Gasteiger partial charge on any atom is -0.147 e. The van der Waals surface area contributed by atoms with Crippen LogP contribution in [0.4, 0.5) is 0 Å². The van der Waals surface area contributed by atoms with Gasteiger partial charge in [0.25, 0.3) is 0 Å². The van der Waals surface area contributed by atoms with E-state index in [4.69, 9.17) is 15.2 Å². The number of aliphatic imine (C=N–C) groups is 1. The monoisotopic (exact) mass is 519 g/mol. The molecule has 1 atom stereocenters. The number of hydrogen-bond donors (Lipinski definition) is 2.